The Morgan fingerprint density at radius 1 is 1.26 bits per heavy atom. The van der Waals surface area contributed by atoms with Crippen LogP contribution in [0.4, 0.5) is 5.82 Å². The summed E-state index contributed by atoms with van der Waals surface area (Å²) < 4.78 is 0. The Balaban J connectivity index is 2.56. The summed E-state index contributed by atoms with van der Waals surface area (Å²) in [7, 11) is 0. The molecule has 0 aliphatic rings. The van der Waals surface area contributed by atoms with E-state index in [-0.39, 0.29) is 11.9 Å². The molecule has 1 aromatic heterocycles. The van der Waals surface area contributed by atoms with Crippen molar-refractivity contribution < 1.29 is 4.79 Å². The molecule has 0 saturated carbocycles. The molecule has 1 heterocycles. The topological polar surface area (TPSA) is 54.0 Å². The maximum atomic E-state index is 12.0. The van der Waals surface area contributed by atoms with Crippen LogP contribution in [0, 0.1) is 0 Å². The second-order valence-electron chi connectivity index (χ2n) is 4.73. The Hall–Kier alpha value is -1.58. The summed E-state index contributed by atoms with van der Waals surface area (Å²) in [6.07, 6.45) is 5.75. The number of amides is 1. The van der Waals surface area contributed by atoms with Gasteiger partial charge in [-0.25, -0.2) is 4.98 Å². The highest BCUT2D eigenvalue weighted by molar-refractivity contribution is 5.94. The lowest BCUT2D eigenvalue weighted by atomic mass is 10.1. The molecule has 1 rings (SSSR count). The van der Waals surface area contributed by atoms with Gasteiger partial charge in [-0.3, -0.25) is 4.79 Å². The van der Waals surface area contributed by atoms with Crippen molar-refractivity contribution in [2.45, 2.75) is 52.5 Å². The van der Waals surface area contributed by atoms with Crippen molar-refractivity contribution in [1.29, 1.82) is 0 Å². The van der Waals surface area contributed by atoms with Crippen LogP contribution in [0.25, 0.3) is 0 Å². The zero-order valence-electron chi connectivity index (χ0n) is 12.2. The number of hydrogen-bond acceptors (Lipinski definition) is 3. The molecule has 1 atom stereocenters. The Morgan fingerprint density at radius 2 is 2.05 bits per heavy atom. The monoisotopic (exact) mass is 263 g/mol. The van der Waals surface area contributed by atoms with Crippen LogP contribution in [0.1, 0.15) is 56.8 Å². The van der Waals surface area contributed by atoms with Crippen LogP contribution in [0.2, 0.25) is 0 Å². The number of aromatic nitrogens is 1. The molecule has 106 valence electrons. The van der Waals surface area contributed by atoms with Crippen molar-refractivity contribution in [3.8, 4) is 0 Å². The molecule has 19 heavy (non-hydrogen) atoms. The van der Waals surface area contributed by atoms with Gasteiger partial charge in [0.25, 0.3) is 5.91 Å². The largest absolute Gasteiger partial charge is 0.370 e. The van der Waals surface area contributed by atoms with Crippen LogP contribution >= 0.6 is 0 Å². The molecule has 0 aliphatic carbocycles. The number of carbonyl (C=O) groups excluding carboxylic acids is 1. The second-order valence-corrected chi connectivity index (χ2v) is 4.73. The van der Waals surface area contributed by atoms with Crippen LogP contribution < -0.4 is 10.6 Å². The van der Waals surface area contributed by atoms with Crippen molar-refractivity contribution in [3.63, 3.8) is 0 Å². The molecule has 0 radical (unpaired) electrons. The lowest BCUT2D eigenvalue weighted by Gasteiger charge is -2.16. The minimum Gasteiger partial charge on any atom is -0.370 e. The second kappa shape index (κ2) is 8.51. The Morgan fingerprint density at radius 3 is 2.58 bits per heavy atom. The Labute approximate surface area is 116 Å². The van der Waals surface area contributed by atoms with E-state index in [1.807, 2.05) is 12.1 Å². The van der Waals surface area contributed by atoms with Crippen molar-refractivity contribution in [3.05, 3.63) is 23.9 Å². The van der Waals surface area contributed by atoms with Crippen molar-refractivity contribution in [2.75, 3.05) is 11.9 Å². The summed E-state index contributed by atoms with van der Waals surface area (Å²) in [6, 6.07) is 3.93. The molecule has 0 saturated heterocycles. The number of nitrogens with zero attached hydrogens (tertiary/aromatic N) is 1. The van der Waals surface area contributed by atoms with Gasteiger partial charge in [0.2, 0.25) is 0 Å². The highest BCUT2D eigenvalue weighted by Gasteiger charge is 2.11. The van der Waals surface area contributed by atoms with E-state index in [2.05, 4.69) is 36.4 Å². The van der Waals surface area contributed by atoms with Gasteiger partial charge < -0.3 is 10.6 Å². The Bertz CT molecular complexity index is 375. The predicted octanol–water partition coefficient (Wildman–Crippen LogP) is 3.21. The highest BCUT2D eigenvalue weighted by Crippen LogP contribution is 2.07. The van der Waals surface area contributed by atoms with E-state index in [0.717, 1.165) is 38.0 Å². The van der Waals surface area contributed by atoms with Crippen LogP contribution in [0.3, 0.4) is 0 Å². The number of anilines is 1. The third kappa shape index (κ3) is 5.28. The fraction of sp³-hybridized carbons (Fsp3) is 0.600. The first-order valence-electron chi connectivity index (χ1n) is 7.22. The number of pyridine rings is 1. The zero-order valence-corrected chi connectivity index (χ0v) is 12.2. The van der Waals surface area contributed by atoms with Gasteiger partial charge in [-0.2, -0.15) is 0 Å². The van der Waals surface area contributed by atoms with Gasteiger partial charge in [0.15, 0.2) is 0 Å². The molecule has 2 N–H and O–H groups in total. The van der Waals surface area contributed by atoms with E-state index < -0.39 is 0 Å². The molecule has 4 heteroatoms. The first-order valence-corrected chi connectivity index (χ1v) is 7.22. The molecule has 0 aliphatic heterocycles. The van der Waals surface area contributed by atoms with Gasteiger partial charge in [-0.1, -0.05) is 27.2 Å². The van der Waals surface area contributed by atoms with E-state index in [1.165, 1.54) is 0 Å². The van der Waals surface area contributed by atoms with Gasteiger partial charge in [-0.05, 0) is 31.4 Å². The minimum atomic E-state index is -0.0326. The minimum absolute atomic E-state index is 0.0326. The van der Waals surface area contributed by atoms with Crippen LogP contribution in [0.5, 0.6) is 0 Å². The van der Waals surface area contributed by atoms with E-state index in [9.17, 15) is 4.79 Å². The molecule has 0 spiro atoms. The summed E-state index contributed by atoms with van der Waals surface area (Å²) in [5, 5.41) is 6.24. The lowest BCUT2D eigenvalue weighted by molar-refractivity contribution is 0.0933. The van der Waals surface area contributed by atoms with E-state index in [1.54, 1.807) is 6.20 Å². The van der Waals surface area contributed by atoms with Gasteiger partial charge >= 0.3 is 0 Å². The smallest absolute Gasteiger partial charge is 0.253 e. The van der Waals surface area contributed by atoms with Crippen molar-refractivity contribution >= 4 is 11.7 Å². The molecular weight excluding hydrogens is 238 g/mol. The van der Waals surface area contributed by atoms with Gasteiger partial charge in [0.1, 0.15) is 5.82 Å². The third-order valence-corrected chi connectivity index (χ3v) is 3.05. The summed E-state index contributed by atoms with van der Waals surface area (Å²) in [6.45, 7) is 7.22. The molecule has 0 bridgehead atoms. The summed E-state index contributed by atoms with van der Waals surface area (Å²) >= 11 is 0. The van der Waals surface area contributed by atoms with Gasteiger partial charge in [-0.15, -0.1) is 0 Å². The SMILES string of the molecule is CCCNc1ccc(C(=O)NC(CC)CCC)cn1. The summed E-state index contributed by atoms with van der Waals surface area (Å²) in [5.74, 6) is 0.786. The van der Waals surface area contributed by atoms with E-state index in [0.29, 0.717) is 5.56 Å². The number of carbonyl (C=O) groups is 1. The van der Waals surface area contributed by atoms with Gasteiger partial charge in [0.05, 0.1) is 5.56 Å². The summed E-state index contributed by atoms with van der Waals surface area (Å²) in [4.78, 5) is 16.3. The molecular formula is C15H25N3O. The lowest BCUT2D eigenvalue weighted by Crippen LogP contribution is -2.34. The molecule has 0 fully saturated rings. The average Bonchev–Trinajstić information content (AvgIpc) is 2.45. The van der Waals surface area contributed by atoms with Crippen molar-refractivity contribution in [1.82, 2.24) is 10.3 Å². The fourth-order valence-corrected chi connectivity index (χ4v) is 1.88. The van der Waals surface area contributed by atoms with Crippen molar-refractivity contribution in [2.24, 2.45) is 0 Å². The maximum absolute atomic E-state index is 12.0. The fourth-order valence-electron chi connectivity index (χ4n) is 1.88. The highest BCUT2D eigenvalue weighted by atomic mass is 16.1. The number of hydrogen-bond donors (Lipinski definition) is 2. The standard InChI is InChI=1S/C15H25N3O/c1-4-7-13(6-3)18-15(19)12-8-9-14(17-11-12)16-10-5-2/h8-9,11,13H,4-7,10H2,1-3H3,(H,16,17)(H,18,19). The molecule has 0 aromatic carbocycles. The number of rotatable bonds is 8. The molecule has 1 aromatic rings. The van der Waals surface area contributed by atoms with E-state index in [4.69, 9.17) is 0 Å². The Kier molecular flexibility index (Phi) is 6.93. The summed E-state index contributed by atoms with van der Waals surface area (Å²) in [5.41, 5.74) is 0.622. The zero-order chi connectivity index (χ0) is 14.1. The molecule has 4 nitrogen and oxygen atoms in total. The van der Waals surface area contributed by atoms with Crippen LogP contribution in [-0.2, 0) is 0 Å². The average molecular weight is 263 g/mol. The molecule has 1 unspecified atom stereocenters. The first kappa shape index (κ1) is 15.5. The maximum Gasteiger partial charge on any atom is 0.253 e. The normalized spacial score (nSPS) is 11.9. The first-order chi connectivity index (χ1) is 9.21. The molecule has 1 amide bonds. The number of nitrogens with one attached hydrogen (secondary N) is 2. The quantitative estimate of drug-likeness (QED) is 0.757. The van der Waals surface area contributed by atoms with E-state index >= 15 is 0 Å². The van der Waals surface area contributed by atoms with Crippen LogP contribution in [-0.4, -0.2) is 23.5 Å². The van der Waals surface area contributed by atoms with Crippen LogP contribution in [0.15, 0.2) is 18.3 Å². The third-order valence-electron chi connectivity index (χ3n) is 3.05. The van der Waals surface area contributed by atoms with Gasteiger partial charge in [0, 0.05) is 18.8 Å². The predicted molar refractivity (Wildman–Crippen MR) is 79.5 cm³/mol.